The summed E-state index contributed by atoms with van der Waals surface area (Å²) in [5.41, 5.74) is 1.01. The van der Waals surface area contributed by atoms with E-state index in [0.717, 1.165) is 17.1 Å². The van der Waals surface area contributed by atoms with E-state index in [9.17, 15) is 4.21 Å². The maximum atomic E-state index is 12.8. The molecule has 0 amide bonds. The summed E-state index contributed by atoms with van der Waals surface area (Å²) in [5, 5.41) is -0.0812. The van der Waals surface area contributed by atoms with Gasteiger partial charge in [-0.2, -0.15) is 0 Å². The van der Waals surface area contributed by atoms with Crippen molar-refractivity contribution in [2.75, 3.05) is 7.11 Å². The smallest absolute Gasteiger partial charge is 0.119 e. The Labute approximate surface area is 132 Å². The molecule has 1 aromatic carbocycles. The van der Waals surface area contributed by atoms with Crippen molar-refractivity contribution >= 4 is 10.8 Å². The maximum absolute atomic E-state index is 12.8. The van der Waals surface area contributed by atoms with Crippen molar-refractivity contribution < 1.29 is 8.95 Å². The van der Waals surface area contributed by atoms with Gasteiger partial charge < -0.3 is 9.72 Å². The van der Waals surface area contributed by atoms with E-state index >= 15 is 0 Å². The van der Waals surface area contributed by atoms with E-state index in [1.807, 2.05) is 48.6 Å². The highest BCUT2D eigenvalue weighted by Gasteiger charge is 2.27. The minimum atomic E-state index is -1.04. The van der Waals surface area contributed by atoms with E-state index in [4.69, 9.17) is 4.74 Å². The number of nitrogens with one attached hydrogen (secondary N) is 1. The van der Waals surface area contributed by atoms with E-state index in [1.54, 1.807) is 19.5 Å². The van der Waals surface area contributed by atoms with Gasteiger partial charge in [-0.25, -0.2) is 4.98 Å². The number of rotatable bonds is 5. The molecule has 1 aliphatic carbocycles. The fraction of sp³-hybridized carbons (Fsp3) is 0.235. The molecule has 3 unspecified atom stereocenters. The molecule has 2 aromatic rings. The van der Waals surface area contributed by atoms with Crippen molar-refractivity contribution in [3.05, 3.63) is 72.4 Å². The van der Waals surface area contributed by atoms with E-state index < -0.39 is 10.8 Å². The Morgan fingerprint density at radius 2 is 2.18 bits per heavy atom. The third-order valence-electron chi connectivity index (χ3n) is 3.67. The number of nitrogens with zero attached hydrogens (tertiary/aromatic N) is 1. The summed E-state index contributed by atoms with van der Waals surface area (Å²) < 4.78 is 18.0. The number of allylic oxidation sites excluding steroid dienone is 3. The topological polar surface area (TPSA) is 55.0 Å². The van der Waals surface area contributed by atoms with E-state index in [0.29, 0.717) is 5.75 Å². The van der Waals surface area contributed by atoms with Crippen molar-refractivity contribution in [1.82, 2.24) is 9.97 Å². The number of benzene rings is 1. The van der Waals surface area contributed by atoms with Gasteiger partial charge in [0.05, 0.1) is 18.3 Å². The molecule has 114 valence electrons. The molecule has 1 aromatic heterocycles. The molecule has 1 aliphatic rings. The van der Waals surface area contributed by atoms with Crippen molar-refractivity contribution in [1.29, 1.82) is 0 Å². The molecular formula is C17H18N2O2S. The van der Waals surface area contributed by atoms with Crippen LogP contribution >= 0.6 is 0 Å². The van der Waals surface area contributed by atoms with Gasteiger partial charge in [-0.1, -0.05) is 36.4 Å². The molecular weight excluding hydrogens is 296 g/mol. The minimum Gasteiger partial charge on any atom is -0.497 e. The molecule has 0 radical (unpaired) electrons. The van der Waals surface area contributed by atoms with Gasteiger partial charge in [0.1, 0.15) is 11.6 Å². The lowest BCUT2D eigenvalue weighted by Gasteiger charge is -2.22. The molecule has 0 saturated heterocycles. The van der Waals surface area contributed by atoms with Gasteiger partial charge in [-0.05, 0) is 17.7 Å². The number of H-pyrrole nitrogens is 1. The van der Waals surface area contributed by atoms with Crippen LogP contribution in [0.5, 0.6) is 5.75 Å². The zero-order chi connectivity index (χ0) is 15.4. The van der Waals surface area contributed by atoms with Gasteiger partial charge in [0.2, 0.25) is 0 Å². The number of ether oxygens (including phenoxy) is 1. The Morgan fingerprint density at radius 1 is 1.32 bits per heavy atom. The zero-order valence-electron chi connectivity index (χ0n) is 12.3. The van der Waals surface area contributed by atoms with Gasteiger partial charge in [-0.15, -0.1) is 0 Å². The van der Waals surface area contributed by atoms with Crippen LogP contribution in [0.2, 0.25) is 0 Å². The van der Waals surface area contributed by atoms with E-state index in [2.05, 4.69) is 9.97 Å². The highest BCUT2D eigenvalue weighted by atomic mass is 32.2. The monoisotopic (exact) mass is 314 g/mol. The zero-order valence-corrected chi connectivity index (χ0v) is 13.1. The first-order valence-electron chi connectivity index (χ1n) is 7.12. The Kier molecular flexibility index (Phi) is 4.53. The van der Waals surface area contributed by atoms with Gasteiger partial charge >= 0.3 is 0 Å². The predicted octanol–water partition coefficient (Wildman–Crippen LogP) is 2.95. The maximum Gasteiger partial charge on any atom is 0.119 e. The number of aromatic nitrogens is 2. The Balaban J connectivity index is 1.78. The Bertz CT molecular complexity index is 707. The molecule has 5 heteroatoms. The summed E-state index contributed by atoms with van der Waals surface area (Å²) in [6.45, 7) is 0. The standard InChI is InChI=1S/C17H18N2O2S/c1-21-14-6-4-5-13(11-14)12-22(20)16-8-3-2-7-15(16)17-18-9-10-19-17/h2-11,15-16H,12H2,1H3,(H,18,19). The number of imidazole rings is 1. The molecule has 0 saturated carbocycles. The molecule has 0 fully saturated rings. The van der Waals surface area contributed by atoms with Crippen molar-refractivity contribution in [3.8, 4) is 5.75 Å². The molecule has 3 rings (SSSR count). The number of hydrogen-bond donors (Lipinski definition) is 1. The minimum absolute atomic E-state index is 0.0199. The molecule has 0 aliphatic heterocycles. The lowest BCUT2D eigenvalue weighted by molar-refractivity contribution is 0.414. The number of methoxy groups -OCH3 is 1. The second kappa shape index (κ2) is 6.75. The average molecular weight is 314 g/mol. The van der Waals surface area contributed by atoms with Crippen molar-refractivity contribution in [2.45, 2.75) is 16.9 Å². The van der Waals surface area contributed by atoms with Crippen LogP contribution in [-0.4, -0.2) is 26.5 Å². The Morgan fingerprint density at radius 3 is 2.95 bits per heavy atom. The quantitative estimate of drug-likeness (QED) is 0.923. The highest BCUT2D eigenvalue weighted by molar-refractivity contribution is 7.85. The third-order valence-corrected chi connectivity index (χ3v) is 5.34. The number of aromatic amines is 1. The van der Waals surface area contributed by atoms with Crippen LogP contribution in [0.15, 0.2) is 61.0 Å². The molecule has 1 N–H and O–H groups in total. The summed E-state index contributed by atoms with van der Waals surface area (Å²) in [6, 6.07) is 7.72. The van der Waals surface area contributed by atoms with Crippen LogP contribution in [0.4, 0.5) is 0 Å². The summed E-state index contributed by atoms with van der Waals surface area (Å²) >= 11 is 0. The first kappa shape index (κ1) is 14.8. The van der Waals surface area contributed by atoms with E-state index in [-0.39, 0.29) is 11.2 Å². The molecule has 0 bridgehead atoms. The lowest BCUT2D eigenvalue weighted by atomic mass is 10.00. The average Bonchev–Trinajstić information content (AvgIpc) is 3.09. The molecule has 0 spiro atoms. The Hall–Kier alpha value is -2.14. The first-order valence-corrected chi connectivity index (χ1v) is 8.50. The second-order valence-electron chi connectivity index (χ2n) is 5.11. The summed E-state index contributed by atoms with van der Waals surface area (Å²) in [6.07, 6.45) is 11.5. The van der Waals surface area contributed by atoms with Crippen LogP contribution in [0.1, 0.15) is 17.3 Å². The van der Waals surface area contributed by atoms with Crippen LogP contribution in [0.3, 0.4) is 0 Å². The fourth-order valence-electron chi connectivity index (χ4n) is 2.57. The lowest BCUT2D eigenvalue weighted by Crippen LogP contribution is -2.24. The fourth-order valence-corrected chi connectivity index (χ4v) is 4.08. The molecule has 1 heterocycles. The van der Waals surface area contributed by atoms with Gasteiger partial charge in [0.25, 0.3) is 0 Å². The molecule has 3 atom stereocenters. The van der Waals surface area contributed by atoms with Crippen LogP contribution in [-0.2, 0) is 16.6 Å². The first-order chi connectivity index (χ1) is 10.8. The second-order valence-corrected chi connectivity index (χ2v) is 6.71. The summed E-state index contributed by atoms with van der Waals surface area (Å²) in [5.74, 6) is 2.16. The predicted molar refractivity (Wildman–Crippen MR) is 88.2 cm³/mol. The summed E-state index contributed by atoms with van der Waals surface area (Å²) in [7, 11) is 0.601. The highest BCUT2D eigenvalue weighted by Crippen LogP contribution is 2.28. The van der Waals surface area contributed by atoms with Crippen LogP contribution < -0.4 is 4.74 Å². The summed E-state index contributed by atoms with van der Waals surface area (Å²) in [4.78, 5) is 7.43. The van der Waals surface area contributed by atoms with E-state index in [1.165, 1.54) is 0 Å². The normalized spacial score (nSPS) is 21.7. The van der Waals surface area contributed by atoms with Crippen molar-refractivity contribution in [3.63, 3.8) is 0 Å². The van der Waals surface area contributed by atoms with Crippen molar-refractivity contribution in [2.24, 2.45) is 0 Å². The van der Waals surface area contributed by atoms with Crippen LogP contribution in [0.25, 0.3) is 0 Å². The number of hydrogen-bond acceptors (Lipinski definition) is 3. The van der Waals surface area contributed by atoms with Gasteiger partial charge in [0, 0.05) is 28.9 Å². The van der Waals surface area contributed by atoms with Crippen LogP contribution in [0, 0.1) is 0 Å². The van der Waals surface area contributed by atoms with Gasteiger partial charge in [-0.3, -0.25) is 4.21 Å². The molecule has 4 nitrogen and oxygen atoms in total. The largest absolute Gasteiger partial charge is 0.497 e. The SMILES string of the molecule is COc1cccc(CS(=O)C2C=CC=CC2c2ncc[nH]2)c1. The third kappa shape index (κ3) is 3.20. The molecule has 22 heavy (non-hydrogen) atoms. The van der Waals surface area contributed by atoms with Gasteiger partial charge in [0.15, 0.2) is 0 Å².